The van der Waals surface area contributed by atoms with Crippen LogP contribution in [0.5, 0.6) is 0 Å². The fraction of sp³-hybridized carbons (Fsp3) is 0. The van der Waals surface area contributed by atoms with Crippen LogP contribution in [0.1, 0.15) is 0 Å². The minimum absolute atomic E-state index is 0.750. The number of fused-ring (bicyclic) bond motifs is 3. The molecule has 0 spiro atoms. The number of halogens is 3. The predicted molar refractivity (Wildman–Crippen MR) is 81.9 cm³/mol. The average Bonchev–Trinajstić information content (AvgIpc) is 2.27. The van der Waals surface area contributed by atoms with E-state index < -0.39 is 0 Å². The summed E-state index contributed by atoms with van der Waals surface area (Å²) in [6.07, 6.45) is 0. The Morgan fingerprint density at radius 1 is 0.765 bits per heavy atom. The van der Waals surface area contributed by atoms with Gasteiger partial charge in [0.05, 0.1) is 0 Å². The minimum Gasteiger partial charge on any atom is -0.0843 e. The first kappa shape index (κ1) is 11.5. The first-order valence-electron chi connectivity index (χ1n) is 5.12. The maximum absolute atomic E-state index is 6.12. The van der Waals surface area contributed by atoms with Crippen LogP contribution < -0.4 is 0 Å². The van der Waals surface area contributed by atoms with Gasteiger partial charge in [0, 0.05) is 14.0 Å². The van der Waals surface area contributed by atoms with E-state index in [4.69, 9.17) is 11.6 Å². The summed E-state index contributed by atoms with van der Waals surface area (Å²) in [5.41, 5.74) is 0. The van der Waals surface area contributed by atoms with E-state index in [1.807, 2.05) is 12.1 Å². The highest BCUT2D eigenvalue weighted by Crippen LogP contribution is 2.34. The van der Waals surface area contributed by atoms with Gasteiger partial charge in [0.1, 0.15) is 0 Å². The van der Waals surface area contributed by atoms with Crippen molar-refractivity contribution in [2.75, 3.05) is 0 Å². The molecule has 3 rings (SSSR count). The van der Waals surface area contributed by atoms with Gasteiger partial charge in [0.25, 0.3) is 0 Å². The van der Waals surface area contributed by atoms with Gasteiger partial charge in [-0.05, 0) is 45.8 Å². The molecule has 17 heavy (non-hydrogen) atoms. The Morgan fingerprint density at radius 2 is 1.53 bits per heavy atom. The van der Waals surface area contributed by atoms with E-state index in [1.54, 1.807) is 0 Å². The molecule has 0 heterocycles. The van der Waals surface area contributed by atoms with Gasteiger partial charge in [-0.1, -0.05) is 61.7 Å². The fourth-order valence-corrected chi connectivity index (χ4v) is 3.39. The van der Waals surface area contributed by atoms with Crippen molar-refractivity contribution in [2.24, 2.45) is 0 Å². The zero-order valence-corrected chi connectivity index (χ0v) is 12.6. The minimum atomic E-state index is 0.750. The van der Waals surface area contributed by atoms with Crippen LogP contribution in [-0.2, 0) is 0 Å². The highest BCUT2D eigenvalue weighted by Gasteiger charge is 2.05. The summed E-state index contributed by atoms with van der Waals surface area (Å²) in [7, 11) is 0. The van der Waals surface area contributed by atoms with E-state index in [2.05, 4.69) is 62.2 Å². The molecule has 0 aromatic heterocycles. The van der Waals surface area contributed by atoms with E-state index in [0.29, 0.717) is 0 Å². The van der Waals surface area contributed by atoms with Gasteiger partial charge < -0.3 is 0 Å². The molecular formula is C14H7Br2Cl. The van der Waals surface area contributed by atoms with E-state index in [-0.39, 0.29) is 0 Å². The molecule has 0 atom stereocenters. The summed E-state index contributed by atoms with van der Waals surface area (Å²) in [5.74, 6) is 0. The molecule has 0 fully saturated rings. The van der Waals surface area contributed by atoms with Crippen LogP contribution in [0, 0.1) is 0 Å². The van der Waals surface area contributed by atoms with Gasteiger partial charge in [-0.25, -0.2) is 0 Å². The largest absolute Gasteiger partial charge is 0.0843 e. The lowest BCUT2D eigenvalue weighted by Gasteiger charge is -2.07. The second-order valence-corrected chi connectivity index (χ2v) is 6.12. The molecule has 3 aromatic carbocycles. The monoisotopic (exact) mass is 368 g/mol. The van der Waals surface area contributed by atoms with Gasteiger partial charge >= 0.3 is 0 Å². The van der Waals surface area contributed by atoms with E-state index in [9.17, 15) is 0 Å². The zero-order chi connectivity index (χ0) is 12.0. The van der Waals surface area contributed by atoms with Crippen LogP contribution in [0.3, 0.4) is 0 Å². The predicted octanol–water partition coefficient (Wildman–Crippen LogP) is 6.17. The normalized spacial score (nSPS) is 11.2. The summed E-state index contributed by atoms with van der Waals surface area (Å²) in [6.45, 7) is 0. The van der Waals surface area contributed by atoms with Crippen LogP contribution >= 0.6 is 43.5 Å². The SMILES string of the molecule is Clc1cc(Br)c2ccc3cc(Br)ccc3c2c1. The molecule has 0 N–H and O–H groups in total. The Balaban J connectivity index is 2.55. The summed E-state index contributed by atoms with van der Waals surface area (Å²) >= 11 is 13.2. The van der Waals surface area contributed by atoms with Crippen molar-refractivity contribution < 1.29 is 0 Å². The lowest BCUT2D eigenvalue weighted by Crippen LogP contribution is -1.80. The molecule has 0 radical (unpaired) electrons. The third kappa shape index (κ3) is 1.99. The van der Waals surface area contributed by atoms with Crippen LogP contribution in [-0.4, -0.2) is 0 Å². The number of hydrogen-bond donors (Lipinski definition) is 0. The molecule has 84 valence electrons. The number of rotatable bonds is 0. The lowest BCUT2D eigenvalue weighted by atomic mass is 10.0. The number of hydrogen-bond acceptors (Lipinski definition) is 0. The van der Waals surface area contributed by atoms with Crippen LogP contribution in [0.4, 0.5) is 0 Å². The highest BCUT2D eigenvalue weighted by atomic mass is 79.9. The summed E-state index contributed by atoms with van der Waals surface area (Å²) in [6, 6.07) is 14.5. The molecule has 0 unspecified atom stereocenters. The van der Waals surface area contributed by atoms with Crippen LogP contribution in [0.15, 0.2) is 51.4 Å². The van der Waals surface area contributed by atoms with Crippen molar-refractivity contribution in [3.05, 3.63) is 56.4 Å². The molecule has 0 saturated heterocycles. The van der Waals surface area contributed by atoms with Crippen LogP contribution in [0.2, 0.25) is 5.02 Å². The maximum Gasteiger partial charge on any atom is 0.0423 e. The Morgan fingerprint density at radius 3 is 2.35 bits per heavy atom. The Hall–Kier alpha value is -0.570. The van der Waals surface area contributed by atoms with Crippen molar-refractivity contribution >= 4 is 65.0 Å². The lowest BCUT2D eigenvalue weighted by molar-refractivity contribution is 1.70. The Bertz CT molecular complexity index is 735. The van der Waals surface area contributed by atoms with Gasteiger partial charge in [0.15, 0.2) is 0 Å². The first-order chi connectivity index (χ1) is 8.15. The molecule has 3 heteroatoms. The standard InChI is InChI=1S/C14H7Br2Cl/c15-9-2-4-11-8(5-9)1-3-12-13(11)6-10(17)7-14(12)16/h1-7H. The molecule has 0 bridgehead atoms. The second-order valence-electron chi connectivity index (χ2n) is 3.91. The molecule has 0 aliphatic rings. The smallest absolute Gasteiger partial charge is 0.0423 e. The van der Waals surface area contributed by atoms with Gasteiger partial charge in [-0.3, -0.25) is 0 Å². The quantitative estimate of drug-likeness (QED) is 0.415. The van der Waals surface area contributed by atoms with Crippen molar-refractivity contribution in [1.29, 1.82) is 0 Å². The topological polar surface area (TPSA) is 0 Å². The molecule has 0 saturated carbocycles. The van der Waals surface area contributed by atoms with Gasteiger partial charge in [-0.2, -0.15) is 0 Å². The van der Waals surface area contributed by atoms with E-state index in [0.717, 1.165) is 14.0 Å². The number of benzene rings is 3. The summed E-state index contributed by atoms with van der Waals surface area (Å²) < 4.78 is 2.12. The molecule has 3 aromatic rings. The summed E-state index contributed by atoms with van der Waals surface area (Å²) in [4.78, 5) is 0. The van der Waals surface area contributed by atoms with Gasteiger partial charge in [-0.15, -0.1) is 0 Å². The zero-order valence-electron chi connectivity index (χ0n) is 8.68. The summed E-state index contributed by atoms with van der Waals surface area (Å²) in [5, 5.41) is 5.54. The van der Waals surface area contributed by atoms with E-state index in [1.165, 1.54) is 21.5 Å². The maximum atomic E-state index is 6.12. The molecular weight excluding hydrogens is 363 g/mol. The molecule has 0 nitrogen and oxygen atoms in total. The van der Waals surface area contributed by atoms with Crippen molar-refractivity contribution in [3.8, 4) is 0 Å². The fourth-order valence-electron chi connectivity index (χ4n) is 2.07. The molecule has 0 amide bonds. The van der Waals surface area contributed by atoms with Crippen LogP contribution in [0.25, 0.3) is 21.5 Å². The third-order valence-electron chi connectivity index (χ3n) is 2.83. The van der Waals surface area contributed by atoms with E-state index >= 15 is 0 Å². The average molecular weight is 370 g/mol. The Labute approximate surface area is 121 Å². The highest BCUT2D eigenvalue weighted by molar-refractivity contribution is 9.11. The second kappa shape index (κ2) is 4.27. The van der Waals surface area contributed by atoms with Crippen molar-refractivity contribution in [2.45, 2.75) is 0 Å². The van der Waals surface area contributed by atoms with Crippen molar-refractivity contribution in [3.63, 3.8) is 0 Å². The van der Waals surface area contributed by atoms with Crippen molar-refractivity contribution in [1.82, 2.24) is 0 Å². The third-order valence-corrected chi connectivity index (χ3v) is 4.20. The molecule has 0 aliphatic heterocycles. The first-order valence-corrected chi connectivity index (χ1v) is 7.08. The van der Waals surface area contributed by atoms with Gasteiger partial charge in [0.2, 0.25) is 0 Å². The molecule has 0 aliphatic carbocycles. The Kier molecular flexibility index (Phi) is 2.89.